The van der Waals surface area contributed by atoms with Gasteiger partial charge in [-0.15, -0.1) is 0 Å². The van der Waals surface area contributed by atoms with E-state index in [1.54, 1.807) is 62.3 Å². The third-order valence-electron chi connectivity index (χ3n) is 9.35. The molecular formula is C41H67N7O15S. The zero-order valence-electron chi connectivity index (χ0n) is 38.1. The summed E-state index contributed by atoms with van der Waals surface area (Å²) in [5, 5.41) is 44.4. The fraction of sp³-hybridized carbons (Fsp3) is 0.707. The normalized spacial score (nSPS) is 22.2. The molecule has 1 unspecified atom stereocenters. The standard InChI is InChI=1S/C41H67N7O15S/c1-39(2,3)61-36(52)43-19-18-33(51)44-25-21-29(46-38(54)63-41(7,8)9)34(31(50)22-25)60-35-28(45-37(53)62-40(4,5)6)17-16-27(59-35)24-47(20-12-13-26(49)23-42)64(57,58)32-15-11-10-14-30(32)48(55)56/h10-11,14-16,25-26,28-29,31,34-35,49-50H,12-13,17-24,42H2,1-9H3,(H,43,52)(H,44,51)(H,45,53)(H,46,54)/t25-,26?,28-,29+,31-,34-,35-/m1/s1. The number of amides is 4. The lowest BCUT2D eigenvalue weighted by molar-refractivity contribution is -0.387. The number of aliphatic hydroxyl groups is 2. The maximum atomic E-state index is 14.2. The van der Waals surface area contributed by atoms with E-state index in [4.69, 9.17) is 29.4 Å². The topological polar surface area (TPSA) is 310 Å². The summed E-state index contributed by atoms with van der Waals surface area (Å²) in [6.45, 7) is 14.2. The monoisotopic (exact) mass is 929 g/mol. The highest BCUT2D eigenvalue weighted by Crippen LogP contribution is 2.31. The average Bonchev–Trinajstić information content (AvgIpc) is 3.14. The summed E-state index contributed by atoms with van der Waals surface area (Å²) in [7, 11) is -4.59. The van der Waals surface area contributed by atoms with Crippen molar-refractivity contribution in [3.63, 3.8) is 0 Å². The number of para-hydroxylation sites is 1. The van der Waals surface area contributed by atoms with Crippen LogP contribution in [0.5, 0.6) is 0 Å². The summed E-state index contributed by atoms with van der Waals surface area (Å²) in [5.41, 5.74) is 2.34. The summed E-state index contributed by atoms with van der Waals surface area (Å²) in [6, 6.07) is 2.08. The van der Waals surface area contributed by atoms with Crippen molar-refractivity contribution < 1.29 is 66.4 Å². The van der Waals surface area contributed by atoms with E-state index in [-0.39, 0.29) is 63.9 Å². The quantitative estimate of drug-likeness (QED) is 0.0632. The van der Waals surface area contributed by atoms with Crippen LogP contribution in [-0.2, 0) is 38.5 Å². The number of rotatable bonds is 18. The van der Waals surface area contributed by atoms with Crippen LogP contribution in [0, 0.1) is 10.1 Å². The van der Waals surface area contributed by atoms with Gasteiger partial charge in [0.25, 0.3) is 5.69 Å². The number of ether oxygens (including phenoxy) is 5. The van der Waals surface area contributed by atoms with Crippen molar-refractivity contribution in [2.75, 3.05) is 26.2 Å². The molecule has 22 nitrogen and oxygen atoms in total. The van der Waals surface area contributed by atoms with Gasteiger partial charge in [-0.05, 0) is 107 Å². The van der Waals surface area contributed by atoms with Gasteiger partial charge >= 0.3 is 18.3 Å². The van der Waals surface area contributed by atoms with Gasteiger partial charge in [-0.1, -0.05) is 12.1 Å². The molecule has 0 bridgehead atoms. The second-order valence-corrected chi connectivity index (χ2v) is 20.5. The third-order valence-corrected chi connectivity index (χ3v) is 11.2. The van der Waals surface area contributed by atoms with E-state index in [2.05, 4.69) is 21.3 Å². The lowest BCUT2D eigenvalue weighted by Gasteiger charge is -2.43. The Hall–Kier alpha value is -4.81. The second-order valence-electron chi connectivity index (χ2n) is 18.6. The molecule has 23 heteroatoms. The van der Waals surface area contributed by atoms with Gasteiger partial charge in [-0.2, -0.15) is 4.31 Å². The first-order valence-electron chi connectivity index (χ1n) is 21.1. The Balaban J connectivity index is 1.95. The van der Waals surface area contributed by atoms with Crippen molar-refractivity contribution in [2.24, 2.45) is 5.73 Å². The number of nitro groups is 1. The van der Waals surface area contributed by atoms with Crippen LogP contribution in [0.3, 0.4) is 0 Å². The largest absolute Gasteiger partial charge is 0.466 e. The Bertz CT molecular complexity index is 1910. The smallest absolute Gasteiger partial charge is 0.408 e. The highest BCUT2D eigenvalue weighted by atomic mass is 32.2. The molecule has 1 aromatic carbocycles. The molecule has 1 aliphatic heterocycles. The van der Waals surface area contributed by atoms with E-state index < -0.39 is 116 Å². The maximum Gasteiger partial charge on any atom is 0.408 e. The van der Waals surface area contributed by atoms with Crippen LogP contribution in [0.1, 0.15) is 101 Å². The molecule has 64 heavy (non-hydrogen) atoms. The van der Waals surface area contributed by atoms with Crippen molar-refractivity contribution >= 4 is 39.9 Å². The number of hydrogen-bond donors (Lipinski definition) is 7. The molecule has 1 fully saturated rings. The summed E-state index contributed by atoms with van der Waals surface area (Å²) < 4.78 is 58.2. The number of aliphatic hydroxyl groups excluding tert-OH is 2. The molecule has 1 aliphatic carbocycles. The van der Waals surface area contributed by atoms with Crippen LogP contribution >= 0.6 is 0 Å². The molecule has 1 heterocycles. The minimum absolute atomic E-state index is 0.0147. The van der Waals surface area contributed by atoms with Gasteiger partial charge in [0.05, 0.1) is 35.8 Å². The first-order chi connectivity index (χ1) is 29.6. The molecule has 2 aliphatic rings. The van der Waals surface area contributed by atoms with Crippen LogP contribution in [0.15, 0.2) is 41.0 Å². The van der Waals surface area contributed by atoms with Gasteiger partial charge in [0, 0.05) is 38.2 Å². The van der Waals surface area contributed by atoms with Crippen LogP contribution in [0.2, 0.25) is 0 Å². The zero-order valence-corrected chi connectivity index (χ0v) is 38.9. The number of alkyl carbamates (subject to hydrolysis) is 3. The van der Waals surface area contributed by atoms with E-state index in [0.717, 1.165) is 16.4 Å². The molecule has 1 aromatic rings. The number of carbonyl (C=O) groups excluding carboxylic acids is 4. The number of hydrogen-bond acceptors (Lipinski definition) is 16. The van der Waals surface area contributed by atoms with Gasteiger partial charge in [-0.3, -0.25) is 14.9 Å². The molecule has 0 saturated heterocycles. The Kier molecular flexibility index (Phi) is 19.1. The number of benzene rings is 1. The minimum atomic E-state index is -4.59. The highest BCUT2D eigenvalue weighted by molar-refractivity contribution is 7.89. The molecule has 362 valence electrons. The fourth-order valence-corrected chi connectivity index (χ4v) is 8.29. The number of sulfonamides is 1. The summed E-state index contributed by atoms with van der Waals surface area (Å²) in [6.07, 6.45) is -5.93. The van der Waals surface area contributed by atoms with E-state index in [1.165, 1.54) is 18.2 Å². The summed E-state index contributed by atoms with van der Waals surface area (Å²) in [5.74, 6) is -0.450. The minimum Gasteiger partial charge on any atom is -0.466 e. The van der Waals surface area contributed by atoms with Crippen molar-refractivity contribution in [1.82, 2.24) is 25.6 Å². The molecule has 3 rings (SSSR count). The highest BCUT2D eigenvalue weighted by Gasteiger charge is 2.44. The van der Waals surface area contributed by atoms with Crippen molar-refractivity contribution in [3.05, 3.63) is 46.2 Å². The SMILES string of the molecule is CC(C)(C)OC(=O)NCCC(=O)N[C@H]1C[C@@H](O)[C@H](O[C@H]2OC(CN(CCCC(O)CN)S(=O)(=O)c3ccccc3[N+](=O)[O-])=CC[C@H]2NC(=O)OC(C)(C)C)[C@@H](NC(=O)OC(C)(C)C)C1. The van der Waals surface area contributed by atoms with Crippen LogP contribution in [0.25, 0.3) is 0 Å². The zero-order chi connectivity index (χ0) is 48.2. The Morgan fingerprint density at radius 2 is 1.50 bits per heavy atom. The number of nitrogens with zero attached hydrogens (tertiary/aromatic N) is 2. The van der Waals surface area contributed by atoms with E-state index in [1.807, 2.05) is 0 Å². The van der Waals surface area contributed by atoms with Crippen LogP contribution in [0.4, 0.5) is 20.1 Å². The first-order valence-corrected chi connectivity index (χ1v) is 22.6. The molecule has 8 N–H and O–H groups in total. The van der Waals surface area contributed by atoms with Crippen molar-refractivity contribution in [3.8, 4) is 0 Å². The first kappa shape index (κ1) is 53.5. The Labute approximate surface area is 374 Å². The molecule has 0 spiro atoms. The molecule has 0 radical (unpaired) electrons. The second kappa shape index (κ2) is 22.9. The fourth-order valence-electron chi connectivity index (χ4n) is 6.68. The maximum absolute atomic E-state index is 14.2. The van der Waals surface area contributed by atoms with E-state index >= 15 is 0 Å². The van der Waals surface area contributed by atoms with Crippen LogP contribution in [-0.4, -0.2) is 138 Å². The van der Waals surface area contributed by atoms with E-state index in [9.17, 15) is 47.9 Å². The number of carbonyl (C=O) groups is 4. The van der Waals surface area contributed by atoms with Gasteiger partial charge in [0.15, 0.2) is 4.90 Å². The van der Waals surface area contributed by atoms with Gasteiger partial charge in [0.1, 0.15) is 28.7 Å². The summed E-state index contributed by atoms with van der Waals surface area (Å²) >= 11 is 0. The molecule has 1 saturated carbocycles. The third kappa shape index (κ3) is 18.0. The Morgan fingerprint density at radius 1 is 0.922 bits per heavy atom. The van der Waals surface area contributed by atoms with Gasteiger partial charge in [-0.25, -0.2) is 22.8 Å². The predicted molar refractivity (Wildman–Crippen MR) is 231 cm³/mol. The Morgan fingerprint density at radius 3 is 2.08 bits per heavy atom. The molecule has 0 aromatic heterocycles. The lowest BCUT2D eigenvalue weighted by atomic mass is 9.85. The number of nitrogens with two attached hydrogens (primary N) is 1. The van der Waals surface area contributed by atoms with E-state index in [0.29, 0.717) is 0 Å². The molecular weight excluding hydrogens is 863 g/mol. The molecule has 7 atom stereocenters. The van der Waals surface area contributed by atoms with Crippen LogP contribution < -0.4 is 27.0 Å². The molecule has 4 amide bonds. The van der Waals surface area contributed by atoms with Crippen molar-refractivity contribution in [2.45, 2.75) is 165 Å². The van der Waals surface area contributed by atoms with Gasteiger partial charge < -0.3 is 60.9 Å². The van der Waals surface area contributed by atoms with Gasteiger partial charge in [0.2, 0.25) is 22.2 Å². The van der Waals surface area contributed by atoms with Crippen molar-refractivity contribution in [1.29, 1.82) is 0 Å². The average molecular weight is 930 g/mol. The predicted octanol–water partition coefficient (Wildman–Crippen LogP) is 3.04. The lowest BCUT2D eigenvalue weighted by Crippen LogP contribution is -2.61. The number of nitrogens with one attached hydrogen (secondary N) is 4. The summed E-state index contributed by atoms with van der Waals surface area (Å²) in [4.78, 5) is 61.9. The number of nitro benzene ring substituents is 1.